The van der Waals surface area contributed by atoms with E-state index in [4.69, 9.17) is 22.1 Å². The Morgan fingerprint density at radius 2 is 1.47 bits per heavy atom. The number of rotatable bonds is 19. The average molecular weight is 653 g/mol. The van der Waals surface area contributed by atoms with E-state index in [2.05, 4.69) is 26.6 Å². The summed E-state index contributed by atoms with van der Waals surface area (Å²) in [6.07, 6.45) is 2.53. The maximum Gasteiger partial charge on any atom is 0.312 e. The molecule has 2 atom stereocenters. The molecule has 1 aromatic rings. The van der Waals surface area contributed by atoms with Gasteiger partial charge < -0.3 is 37.1 Å². The summed E-state index contributed by atoms with van der Waals surface area (Å²) in [7, 11) is 0. The predicted molar refractivity (Wildman–Crippen MR) is 172 cm³/mol. The molecule has 0 bridgehead atoms. The van der Waals surface area contributed by atoms with Crippen molar-refractivity contribution in [1.82, 2.24) is 21.3 Å². The maximum absolute atomic E-state index is 13.3. The van der Waals surface area contributed by atoms with Crippen LogP contribution in [0.3, 0.4) is 0 Å². The van der Waals surface area contributed by atoms with Crippen molar-refractivity contribution in [3.8, 4) is 0 Å². The lowest BCUT2D eigenvalue weighted by Crippen LogP contribution is -2.54. The quantitative estimate of drug-likeness (QED) is 0.0750. The van der Waals surface area contributed by atoms with Crippen LogP contribution in [0.15, 0.2) is 24.3 Å². The number of carbonyl (C=O) groups excluding carboxylic acids is 6. The normalized spacial score (nSPS) is 12.4. The maximum atomic E-state index is 13.3. The Morgan fingerprint density at radius 3 is 2.04 bits per heavy atom. The number of nitrogens with one attached hydrogen (secondary N) is 5. The summed E-state index contributed by atoms with van der Waals surface area (Å²) >= 11 is 5.45. The number of amides is 6. The van der Waals surface area contributed by atoms with Gasteiger partial charge in [-0.25, -0.2) is 4.79 Å². The number of esters is 1. The molecule has 252 valence electrons. The van der Waals surface area contributed by atoms with Crippen molar-refractivity contribution in [3.05, 3.63) is 29.8 Å². The summed E-state index contributed by atoms with van der Waals surface area (Å²) in [6, 6.07) is 4.34. The Bertz CT molecular complexity index is 1140. The molecule has 0 heterocycles. The van der Waals surface area contributed by atoms with Crippen LogP contribution in [0.2, 0.25) is 0 Å². The first-order valence-corrected chi connectivity index (χ1v) is 15.7. The van der Waals surface area contributed by atoms with E-state index in [0.29, 0.717) is 44.5 Å². The van der Waals surface area contributed by atoms with E-state index in [0.717, 1.165) is 5.56 Å². The van der Waals surface area contributed by atoms with Gasteiger partial charge >= 0.3 is 12.0 Å². The van der Waals surface area contributed by atoms with Gasteiger partial charge in [-0.2, -0.15) is 0 Å². The van der Waals surface area contributed by atoms with Gasteiger partial charge in [0, 0.05) is 25.2 Å². The number of carbonyl (C=O) groups is 6. The Kier molecular flexibility index (Phi) is 17.6. The van der Waals surface area contributed by atoms with Crippen LogP contribution in [0.25, 0.3) is 0 Å². The molecule has 1 rings (SSSR count). The van der Waals surface area contributed by atoms with Gasteiger partial charge in [0.05, 0.1) is 5.41 Å². The van der Waals surface area contributed by atoms with Crippen LogP contribution in [0, 0.1) is 11.3 Å². The van der Waals surface area contributed by atoms with E-state index >= 15 is 0 Å². The van der Waals surface area contributed by atoms with Crippen molar-refractivity contribution in [2.75, 3.05) is 24.3 Å². The number of ether oxygens (including phenoxy) is 1. The van der Waals surface area contributed by atoms with Crippen molar-refractivity contribution in [1.29, 1.82) is 0 Å². The van der Waals surface area contributed by atoms with Gasteiger partial charge in [-0.3, -0.25) is 24.0 Å². The van der Waals surface area contributed by atoms with Crippen LogP contribution in [-0.2, 0) is 35.3 Å². The third-order valence-electron chi connectivity index (χ3n) is 6.60. The molecule has 0 unspecified atom stereocenters. The Morgan fingerprint density at radius 1 is 0.844 bits per heavy atom. The number of anilines is 1. The fourth-order valence-electron chi connectivity index (χ4n) is 3.96. The first-order chi connectivity index (χ1) is 21.1. The van der Waals surface area contributed by atoms with Gasteiger partial charge in [0.15, 0.2) is 0 Å². The first-order valence-electron chi connectivity index (χ1n) is 15.2. The number of halogens is 1. The fraction of sp³-hybridized carbons (Fsp3) is 0.613. The average Bonchev–Trinajstić information content (AvgIpc) is 2.97. The highest BCUT2D eigenvalue weighted by Crippen LogP contribution is 2.18. The molecule has 0 saturated carbocycles. The lowest BCUT2D eigenvalue weighted by Gasteiger charge is -2.25. The van der Waals surface area contributed by atoms with Gasteiger partial charge in [0.1, 0.15) is 24.6 Å². The SMILES string of the molecule is CC(C)[C@@H](NC(=O)CCCCNC(=O)CCl)C(=O)N[C@H](CCCCNC(N)=O)C(=O)Nc1ccc(COC(=O)C(C)(C)C)cc1. The number of hydrogen-bond acceptors (Lipinski definition) is 7. The number of unbranched alkanes of at least 4 members (excludes halogenated alkanes) is 2. The molecule has 6 amide bonds. The molecule has 14 heteroatoms. The molecule has 0 spiro atoms. The smallest absolute Gasteiger partial charge is 0.312 e. The highest BCUT2D eigenvalue weighted by molar-refractivity contribution is 6.27. The number of alkyl halides is 1. The van der Waals surface area contributed by atoms with Crippen LogP contribution >= 0.6 is 11.6 Å². The predicted octanol–water partition coefficient (Wildman–Crippen LogP) is 2.70. The van der Waals surface area contributed by atoms with E-state index in [1.165, 1.54) is 0 Å². The van der Waals surface area contributed by atoms with E-state index in [1.807, 2.05) is 0 Å². The van der Waals surface area contributed by atoms with E-state index in [-0.39, 0.29) is 49.0 Å². The monoisotopic (exact) mass is 652 g/mol. The summed E-state index contributed by atoms with van der Waals surface area (Å²) < 4.78 is 5.33. The van der Waals surface area contributed by atoms with Gasteiger partial charge in [-0.05, 0) is 76.5 Å². The summed E-state index contributed by atoms with van der Waals surface area (Å²) in [6.45, 7) is 9.69. The minimum absolute atomic E-state index is 0.0925. The van der Waals surface area contributed by atoms with Crippen molar-refractivity contribution in [2.24, 2.45) is 17.1 Å². The van der Waals surface area contributed by atoms with Gasteiger partial charge in [0.25, 0.3) is 0 Å². The topological polar surface area (TPSA) is 198 Å². The Labute approximate surface area is 270 Å². The molecule has 0 aromatic heterocycles. The van der Waals surface area contributed by atoms with E-state index in [1.54, 1.807) is 58.9 Å². The highest BCUT2D eigenvalue weighted by Gasteiger charge is 2.29. The highest BCUT2D eigenvalue weighted by atomic mass is 35.5. The van der Waals surface area contributed by atoms with Crippen molar-refractivity contribution in [3.63, 3.8) is 0 Å². The molecule has 0 aliphatic carbocycles. The van der Waals surface area contributed by atoms with E-state index < -0.39 is 35.3 Å². The largest absolute Gasteiger partial charge is 0.460 e. The van der Waals surface area contributed by atoms with E-state index in [9.17, 15) is 28.8 Å². The zero-order chi connectivity index (χ0) is 34.0. The third kappa shape index (κ3) is 16.7. The minimum Gasteiger partial charge on any atom is -0.460 e. The molecule has 0 radical (unpaired) electrons. The molecule has 13 nitrogen and oxygen atoms in total. The Balaban J connectivity index is 2.84. The molecule has 0 saturated heterocycles. The van der Waals surface area contributed by atoms with Crippen molar-refractivity contribution in [2.45, 2.75) is 91.8 Å². The molecule has 7 N–H and O–H groups in total. The van der Waals surface area contributed by atoms with Crippen LogP contribution in [-0.4, -0.2) is 66.7 Å². The fourth-order valence-corrected chi connectivity index (χ4v) is 4.06. The lowest BCUT2D eigenvalue weighted by atomic mass is 9.97. The second-order valence-electron chi connectivity index (χ2n) is 12.1. The first kappa shape index (κ1) is 39.2. The molecule has 45 heavy (non-hydrogen) atoms. The molecule has 1 aromatic carbocycles. The number of nitrogens with two attached hydrogens (primary N) is 1. The van der Waals surface area contributed by atoms with Gasteiger partial charge in [0.2, 0.25) is 23.6 Å². The second kappa shape index (κ2) is 20.2. The van der Waals surface area contributed by atoms with Crippen LogP contribution in [0.1, 0.15) is 78.7 Å². The summed E-state index contributed by atoms with van der Waals surface area (Å²) in [5.74, 6) is -2.27. The van der Waals surface area contributed by atoms with Crippen LogP contribution in [0.5, 0.6) is 0 Å². The molecular weight excluding hydrogens is 604 g/mol. The van der Waals surface area contributed by atoms with Crippen LogP contribution < -0.4 is 32.3 Å². The molecule has 0 fully saturated rings. The number of hydrogen-bond donors (Lipinski definition) is 6. The van der Waals surface area contributed by atoms with Gasteiger partial charge in [-0.15, -0.1) is 11.6 Å². The summed E-state index contributed by atoms with van der Waals surface area (Å²) in [4.78, 5) is 73.4. The summed E-state index contributed by atoms with van der Waals surface area (Å²) in [5.41, 5.74) is 5.72. The Hall–Kier alpha value is -3.87. The van der Waals surface area contributed by atoms with Gasteiger partial charge in [-0.1, -0.05) is 26.0 Å². The second-order valence-corrected chi connectivity index (χ2v) is 12.4. The zero-order valence-corrected chi connectivity index (χ0v) is 27.7. The van der Waals surface area contributed by atoms with Crippen LogP contribution in [0.4, 0.5) is 10.5 Å². The number of urea groups is 1. The van der Waals surface area contributed by atoms with Crippen molar-refractivity contribution >= 4 is 52.9 Å². The minimum atomic E-state index is -0.929. The van der Waals surface area contributed by atoms with Crippen molar-refractivity contribution < 1.29 is 33.5 Å². The molecular formula is C31H49ClN6O7. The summed E-state index contributed by atoms with van der Waals surface area (Å²) in [5, 5.41) is 13.5. The number of primary amides is 1. The lowest BCUT2D eigenvalue weighted by molar-refractivity contribution is -0.154. The molecule has 0 aliphatic heterocycles. The zero-order valence-electron chi connectivity index (χ0n) is 26.9. The molecule has 0 aliphatic rings. The standard InChI is InChI=1S/C31H49ClN6O7/c1-20(2)26(38-24(39)11-7-9-16-34-25(40)18-32)28(42)37-23(10-6-8-17-35-30(33)44)27(41)36-22-14-12-21(13-15-22)19-45-29(43)31(3,4)5/h12-15,20,23,26H,6-11,16-19H2,1-5H3,(H,34,40)(H,36,41)(H,37,42)(H,38,39)(H3,33,35,44)/t23-,26-/m1/s1. The third-order valence-corrected chi connectivity index (χ3v) is 6.84. The number of benzene rings is 1.